The standard InChI is InChI=1S/C12H23NOS/c1-10-2-4-11(5-3-10)13-8-12(14)6-7-15-9-12/h10-11,13-14H,2-9H2,1H3. The van der Waals surface area contributed by atoms with Crippen LogP contribution in [0.5, 0.6) is 0 Å². The van der Waals surface area contributed by atoms with E-state index in [-0.39, 0.29) is 0 Å². The van der Waals surface area contributed by atoms with Gasteiger partial charge in [-0.05, 0) is 43.8 Å². The summed E-state index contributed by atoms with van der Waals surface area (Å²) >= 11 is 1.88. The highest BCUT2D eigenvalue weighted by Crippen LogP contribution is 2.28. The smallest absolute Gasteiger partial charge is 0.0869 e. The Morgan fingerprint density at radius 3 is 2.67 bits per heavy atom. The van der Waals surface area contributed by atoms with Gasteiger partial charge in [-0.15, -0.1) is 0 Å². The normalized spacial score (nSPS) is 42.0. The summed E-state index contributed by atoms with van der Waals surface area (Å²) < 4.78 is 0. The highest BCUT2D eigenvalue weighted by molar-refractivity contribution is 7.99. The van der Waals surface area contributed by atoms with Crippen LogP contribution >= 0.6 is 11.8 Å². The lowest BCUT2D eigenvalue weighted by molar-refractivity contribution is 0.0622. The van der Waals surface area contributed by atoms with Crippen molar-refractivity contribution in [1.82, 2.24) is 5.32 Å². The molecule has 88 valence electrons. The molecule has 2 N–H and O–H groups in total. The highest BCUT2D eigenvalue weighted by atomic mass is 32.2. The number of hydrogen-bond donors (Lipinski definition) is 2. The monoisotopic (exact) mass is 229 g/mol. The number of rotatable bonds is 3. The van der Waals surface area contributed by atoms with Gasteiger partial charge in [-0.2, -0.15) is 11.8 Å². The lowest BCUT2D eigenvalue weighted by Gasteiger charge is -2.30. The van der Waals surface area contributed by atoms with Crippen LogP contribution in [0, 0.1) is 5.92 Å². The average Bonchev–Trinajstić information content (AvgIpc) is 2.65. The van der Waals surface area contributed by atoms with Crippen LogP contribution in [-0.4, -0.2) is 34.8 Å². The number of thioether (sulfide) groups is 1. The molecule has 0 spiro atoms. The molecule has 1 aliphatic heterocycles. The number of nitrogens with one attached hydrogen (secondary N) is 1. The van der Waals surface area contributed by atoms with E-state index in [0.29, 0.717) is 6.04 Å². The molecule has 1 aliphatic carbocycles. The fourth-order valence-electron chi connectivity index (χ4n) is 2.53. The molecule has 2 rings (SSSR count). The molecule has 0 amide bonds. The molecule has 0 aromatic heterocycles. The minimum absolute atomic E-state index is 0.409. The third kappa shape index (κ3) is 3.36. The zero-order valence-electron chi connectivity index (χ0n) is 9.67. The summed E-state index contributed by atoms with van der Waals surface area (Å²) in [7, 11) is 0. The molecule has 2 aliphatic rings. The van der Waals surface area contributed by atoms with Gasteiger partial charge in [0.15, 0.2) is 0 Å². The molecule has 0 bridgehead atoms. The largest absolute Gasteiger partial charge is 0.388 e. The summed E-state index contributed by atoms with van der Waals surface area (Å²) in [6, 6.07) is 0.663. The molecule has 0 radical (unpaired) electrons. The van der Waals surface area contributed by atoms with Gasteiger partial charge >= 0.3 is 0 Å². The Morgan fingerprint density at radius 2 is 2.07 bits per heavy atom. The van der Waals surface area contributed by atoms with Crippen LogP contribution in [0.15, 0.2) is 0 Å². The second-order valence-electron chi connectivity index (χ2n) is 5.36. The first-order chi connectivity index (χ1) is 7.18. The maximum atomic E-state index is 10.2. The van der Waals surface area contributed by atoms with E-state index in [0.717, 1.165) is 30.4 Å². The van der Waals surface area contributed by atoms with Crippen molar-refractivity contribution in [2.24, 2.45) is 5.92 Å². The minimum Gasteiger partial charge on any atom is -0.388 e. The zero-order chi connectivity index (χ0) is 10.7. The zero-order valence-corrected chi connectivity index (χ0v) is 10.5. The first-order valence-electron chi connectivity index (χ1n) is 6.21. The predicted molar refractivity (Wildman–Crippen MR) is 66.3 cm³/mol. The van der Waals surface area contributed by atoms with Crippen molar-refractivity contribution < 1.29 is 5.11 Å². The molecule has 1 saturated carbocycles. The van der Waals surface area contributed by atoms with E-state index >= 15 is 0 Å². The molecular weight excluding hydrogens is 206 g/mol. The molecule has 1 saturated heterocycles. The van der Waals surface area contributed by atoms with Gasteiger partial charge in [-0.1, -0.05) is 6.92 Å². The maximum Gasteiger partial charge on any atom is 0.0869 e. The lowest BCUT2D eigenvalue weighted by Crippen LogP contribution is -2.45. The van der Waals surface area contributed by atoms with Crippen molar-refractivity contribution in [1.29, 1.82) is 0 Å². The Hall–Kier alpha value is 0.270. The Balaban J connectivity index is 1.69. The molecule has 1 atom stereocenters. The summed E-state index contributed by atoms with van der Waals surface area (Å²) in [6.07, 6.45) is 6.26. The quantitative estimate of drug-likeness (QED) is 0.776. The van der Waals surface area contributed by atoms with E-state index in [1.807, 2.05) is 11.8 Å². The van der Waals surface area contributed by atoms with Crippen LogP contribution in [0.3, 0.4) is 0 Å². The van der Waals surface area contributed by atoms with Crippen LogP contribution < -0.4 is 5.32 Å². The summed E-state index contributed by atoms with van der Waals surface area (Å²) in [5.41, 5.74) is -0.409. The number of aliphatic hydroxyl groups is 1. The molecule has 0 aromatic rings. The van der Waals surface area contributed by atoms with Crippen molar-refractivity contribution >= 4 is 11.8 Å². The second-order valence-corrected chi connectivity index (χ2v) is 6.47. The fourth-order valence-corrected chi connectivity index (χ4v) is 3.83. The van der Waals surface area contributed by atoms with Gasteiger partial charge in [-0.3, -0.25) is 0 Å². The minimum atomic E-state index is -0.409. The van der Waals surface area contributed by atoms with E-state index in [1.54, 1.807) is 0 Å². The van der Waals surface area contributed by atoms with Gasteiger partial charge in [0.1, 0.15) is 0 Å². The summed E-state index contributed by atoms with van der Waals surface area (Å²) in [4.78, 5) is 0. The van der Waals surface area contributed by atoms with Crippen molar-refractivity contribution in [2.75, 3.05) is 18.1 Å². The van der Waals surface area contributed by atoms with E-state index in [4.69, 9.17) is 0 Å². The van der Waals surface area contributed by atoms with Crippen LogP contribution in [0.25, 0.3) is 0 Å². The molecule has 2 nitrogen and oxygen atoms in total. The maximum absolute atomic E-state index is 10.2. The molecule has 3 heteroatoms. The van der Waals surface area contributed by atoms with Crippen molar-refractivity contribution in [3.05, 3.63) is 0 Å². The van der Waals surface area contributed by atoms with E-state index in [9.17, 15) is 5.11 Å². The number of hydrogen-bond acceptors (Lipinski definition) is 3. The van der Waals surface area contributed by atoms with E-state index in [1.165, 1.54) is 25.7 Å². The third-order valence-electron chi connectivity index (χ3n) is 3.82. The third-order valence-corrected chi connectivity index (χ3v) is 5.05. The van der Waals surface area contributed by atoms with Crippen molar-refractivity contribution in [3.63, 3.8) is 0 Å². The Morgan fingerprint density at radius 1 is 1.33 bits per heavy atom. The molecular formula is C12H23NOS. The topological polar surface area (TPSA) is 32.3 Å². The van der Waals surface area contributed by atoms with Crippen LogP contribution in [0.1, 0.15) is 39.0 Å². The average molecular weight is 229 g/mol. The second kappa shape index (κ2) is 5.07. The van der Waals surface area contributed by atoms with Crippen LogP contribution in [0.4, 0.5) is 0 Å². The molecule has 1 unspecified atom stereocenters. The fraction of sp³-hybridized carbons (Fsp3) is 1.00. The Bertz CT molecular complexity index is 196. The molecule has 1 heterocycles. The lowest BCUT2D eigenvalue weighted by atomic mass is 9.87. The van der Waals surface area contributed by atoms with Crippen LogP contribution in [-0.2, 0) is 0 Å². The molecule has 2 fully saturated rings. The van der Waals surface area contributed by atoms with E-state index < -0.39 is 5.60 Å². The van der Waals surface area contributed by atoms with E-state index in [2.05, 4.69) is 12.2 Å². The first kappa shape index (κ1) is 11.7. The van der Waals surface area contributed by atoms with Crippen molar-refractivity contribution in [2.45, 2.75) is 50.7 Å². The summed E-state index contributed by atoms with van der Waals surface area (Å²) in [5.74, 6) is 2.95. The Kier molecular flexibility index (Phi) is 3.97. The van der Waals surface area contributed by atoms with Gasteiger partial charge in [0.25, 0.3) is 0 Å². The van der Waals surface area contributed by atoms with Gasteiger partial charge in [-0.25, -0.2) is 0 Å². The first-order valence-corrected chi connectivity index (χ1v) is 7.37. The van der Waals surface area contributed by atoms with Gasteiger partial charge in [0.2, 0.25) is 0 Å². The van der Waals surface area contributed by atoms with Gasteiger partial charge in [0, 0.05) is 18.3 Å². The molecule has 0 aromatic carbocycles. The Labute approximate surface area is 97.2 Å². The van der Waals surface area contributed by atoms with Gasteiger partial charge in [0.05, 0.1) is 5.60 Å². The SMILES string of the molecule is CC1CCC(NCC2(O)CCSC2)CC1. The predicted octanol–water partition coefficient (Wildman–Crippen LogP) is 2.02. The summed E-state index contributed by atoms with van der Waals surface area (Å²) in [6.45, 7) is 3.15. The summed E-state index contributed by atoms with van der Waals surface area (Å²) in [5, 5.41) is 13.8. The molecule has 15 heavy (non-hydrogen) atoms. The van der Waals surface area contributed by atoms with Crippen LogP contribution in [0.2, 0.25) is 0 Å². The van der Waals surface area contributed by atoms with Gasteiger partial charge < -0.3 is 10.4 Å². The van der Waals surface area contributed by atoms with Crippen molar-refractivity contribution in [3.8, 4) is 0 Å². The highest BCUT2D eigenvalue weighted by Gasteiger charge is 2.32.